The van der Waals surface area contributed by atoms with Gasteiger partial charge in [-0.25, -0.2) is 13.6 Å². The predicted molar refractivity (Wildman–Crippen MR) is 117 cm³/mol. The van der Waals surface area contributed by atoms with Crippen molar-refractivity contribution in [3.8, 4) is 16.9 Å². The number of carbonyl (C=O) groups excluding carboxylic acids is 2. The second-order valence-electron chi connectivity index (χ2n) is 6.34. The highest BCUT2D eigenvalue weighted by Gasteiger charge is 2.23. The Hall–Kier alpha value is -4.05. The van der Waals surface area contributed by atoms with Crippen LogP contribution in [0.1, 0.15) is 15.9 Å². The number of anilines is 2. The smallest absolute Gasteiger partial charge is 0.317 e. The average molecular weight is 442 g/mol. The lowest BCUT2D eigenvalue weighted by molar-refractivity contribution is 0.102. The van der Waals surface area contributed by atoms with Crippen molar-refractivity contribution in [1.29, 1.82) is 0 Å². The van der Waals surface area contributed by atoms with Crippen LogP contribution < -0.4 is 22.1 Å². The Morgan fingerprint density at radius 2 is 1.61 bits per heavy atom. The number of thiocarbonyl (C=S) groups is 1. The number of phenolic OH excluding ortho intramolecular Hbond substituents is 1. The van der Waals surface area contributed by atoms with Gasteiger partial charge in [-0.05, 0) is 24.3 Å². The molecule has 0 fully saturated rings. The van der Waals surface area contributed by atoms with Crippen molar-refractivity contribution in [3.63, 3.8) is 0 Å². The number of hydrogen-bond acceptors (Lipinski definition) is 5. The Labute approximate surface area is 180 Å². The van der Waals surface area contributed by atoms with Crippen LogP contribution in [0.25, 0.3) is 11.1 Å². The van der Waals surface area contributed by atoms with E-state index in [0.29, 0.717) is 0 Å². The SMILES string of the molecule is NC(=O)NC(=S)c1c(F)cc(-c2ccccc2NC(=O)c2ccccc2F)c(N)c1O. The molecule has 0 bridgehead atoms. The lowest BCUT2D eigenvalue weighted by Crippen LogP contribution is -2.34. The first-order chi connectivity index (χ1) is 14.7. The van der Waals surface area contributed by atoms with Crippen LogP contribution in [0.2, 0.25) is 0 Å². The fourth-order valence-electron chi connectivity index (χ4n) is 2.93. The largest absolute Gasteiger partial charge is 0.505 e. The maximum absolute atomic E-state index is 14.8. The summed E-state index contributed by atoms with van der Waals surface area (Å²) in [5.41, 5.74) is 10.5. The van der Waals surface area contributed by atoms with Crippen molar-refractivity contribution in [3.05, 3.63) is 77.4 Å². The first-order valence-corrected chi connectivity index (χ1v) is 9.18. The van der Waals surface area contributed by atoms with Gasteiger partial charge in [0, 0.05) is 16.8 Å². The van der Waals surface area contributed by atoms with Gasteiger partial charge in [-0.1, -0.05) is 42.5 Å². The number of hydrogen-bond donors (Lipinski definition) is 5. The Kier molecular flexibility index (Phi) is 6.12. The van der Waals surface area contributed by atoms with Gasteiger partial charge >= 0.3 is 6.03 Å². The van der Waals surface area contributed by atoms with Gasteiger partial charge in [0.25, 0.3) is 5.91 Å². The molecular formula is C21H16F2N4O3S. The molecule has 0 unspecified atom stereocenters. The van der Waals surface area contributed by atoms with Crippen molar-refractivity contribution in [1.82, 2.24) is 5.32 Å². The standard InChI is InChI=1S/C21H16F2N4O3S/c22-13-7-3-1-6-11(13)19(29)26-15-8-4-2-5-10(15)12-9-14(23)16(18(28)17(12)24)20(31)27-21(25)30/h1-9,28H,24H2,(H,26,29)(H3,25,27,30,31). The zero-order chi connectivity index (χ0) is 22.7. The molecular weight excluding hydrogens is 426 g/mol. The van der Waals surface area contributed by atoms with Crippen LogP contribution in [0.4, 0.5) is 25.0 Å². The summed E-state index contributed by atoms with van der Waals surface area (Å²) in [6, 6.07) is 11.6. The number of para-hydroxylation sites is 1. The minimum atomic E-state index is -1.03. The summed E-state index contributed by atoms with van der Waals surface area (Å²) < 4.78 is 28.7. The van der Waals surface area contributed by atoms with Crippen molar-refractivity contribution in [2.75, 3.05) is 11.1 Å². The number of benzene rings is 3. The van der Waals surface area contributed by atoms with Crippen LogP contribution in [0.15, 0.2) is 54.6 Å². The number of amides is 3. The van der Waals surface area contributed by atoms with Crippen molar-refractivity contribution < 1.29 is 23.5 Å². The second-order valence-corrected chi connectivity index (χ2v) is 6.75. The van der Waals surface area contributed by atoms with E-state index in [0.717, 1.165) is 12.1 Å². The fourth-order valence-corrected chi connectivity index (χ4v) is 3.22. The molecule has 158 valence electrons. The van der Waals surface area contributed by atoms with Crippen LogP contribution in [-0.4, -0.2) is 22.0 Å². The molecule has 10 heteroatoms. The molecule has 3 amide bonds. The highest BCUT2D eigenvalue weighted by atomic mass is 32.1. The van der Waals surface area contributed by atoms with Crippen LogP contribution in [-0.2, 0) is 0 Å². The van der Waals surface area contributed by atoms with Gasteiger partial charge in [0.1, 0.15) is 16.6 Å². The summed E-state index contributed by atoms with van der Waals surface area (Å²) in [5, 5.41) is 15.0. The third-order valence-electron chi connectivity index (χ3n) is 4.34. The van der Waals surface area contributed by atoms with Crippen LogP contribution in [0.5, 0.6) is 5.75 Å². The van der Waals surface area contributed by atoms with Crippen molar-refractivity contribution >= 4 is 40.5 Å². The van der Waals surface area contributed by atoms with Gasteiger partial charge in [-0.3, -0.25) is 10.1 Å². The van der Waals surface area contributed by atoms with Crippen LogP contribution in [0, 0.1) is 11.6 Å². The lowest BCUT2D eigenvalue weighted by atomic mass is 9.98. The highest BCUT2D eigenvalue weighted by molar-refractivity contribution is 7.80. The van der Waals surface area contributed by atoms with Gasteiger partial charge < -0.3 is 21.9 Å². The molecule has 31 heavy (non-hydrogen) atoms. The Morgan fingerprint density at radius 3 is 2.29 bits per heavy atom. The van der Waals surface area contributed by atoms with Gasteiger partial charge in [0.05, 0.1) is 16.8 Å². The molecule has 0 aliphatic rings. The molecule has 0 saturated heterocycles. The zero-order valence-electron chi connectivity index (χ0n) is 15.8. The molecule has 0 aliphatic carbocycles. The van der Waals surface area contributed by atoms with E-state index in [1.54, 1.807) is 12.1 Å². The number of nitrogen functional groups attached to an aromatic ring is 1. The molecule has 7 N–H and O–H groups in total. The number of urea groups is 1. The Bertz CT molecular complexity index is 1220. The van der Waals surface area contributed by atoms with E-state index in [1.807, 2.05) is 5.32 Å². The minimum absolute atomic E-state index is 0.0464. The lowest BCUT2D eigenvalue weighted by Gasteiger charge is -2.17. The molecule has 3 rings (SSSR count). The number of nitrogens with two attached hydrogens (primary N) is 2. The number of phenols is 1. The molecule has 3 aromatic rings. The van der Waals surface area contributed by atoms with E-state index < -0.39 is 39.9 Å². The maximum atomic E-state index is 14.8. The van der Waals surface area contributed by atoms with Gasteiger partial charge in [0.15, 0.2) is 5.75 Å². The van der Waals surface area contributed by atoms with Crippen LogP contribution in [0.3, 0.4) is 0 Å². The quantitative estimate of drug-likeness (QED) is 0.240. The molecule has 0 spiro atoms. The third-order valence-corrected chi connectivity index (χ3v) is 4.65. The molecule has 0 saturated carbocycles. The number of aromatic hydroxyl groups is 1. The predicted octanol–water partition coefficient (Wildman–Crippen LogP) is 3.52. The Morgan fingerprint density at radius 1 is 0.968 bits per heavy atom. The minimum Gasteiger partial charge on any atom is -0.505 e. The van der Waals surface area contributed by atoms with E-state index in [9.17, 15) is 23.5 Å². The third kappa shape index (κ3) is 4.43. The topological polar surface area (TPSA) is 130 Å². The summed E-state index contributed by atoms with van der Waals surface area (Å²) in [4.78, 5) is 23.1. The van der Waals surface area contributed by atoms with Gasteiger partial charge in [-0.2, -0.15) is 0 Å². The number of primary amides is 1. The summed E-state index contributed by atoms with van der Waals surface area (Å²) in [5.74, 6) is -3.11. The van der Waals surface area contributed by atoms with E-state index in [4.69, 9.17) is 23.7 Å². The monoisotopic (exact) mass is 442 g/mol. The number of halogens is 2. The maximum Gasteiger partial charge on any atom is 0.317 e. The first kappa shape index (κ1) is 21.7. The molecule has 0 aromatic heterocycles. The van der Waals surface area contributed by atoms with E-state index in [-0.39, 0.29) is 28.1 Å². The molecule has 0 aliphatic heterocycles. The zero-order valence-corrected chi connectivity index (χ0v) is 16.6. The first-order valence-electron chi connectivity index (χ1n) is 8.77. The molecule has 0 radical (unpaired) electrons. The summed E-state index contributed by atoms with van der Waals surface area (Å²) in [6.07, 6.45) is 0. The summed E-state index contributed by atoms with van der Waals surface area (Å²) in [6.45, 7) is 0. The van der Waals surface area contributed by atoms with E-state index >= 15 is 0 Å². The molecule has 7 nitrogen and oxygen atoms in total. The van der Waals surface area contributed by atoms with Crippen molar-refractivity contribution in [2.45, 2.75) is 0 Å². The number of nitrogens with one attached hydrogen (secondary N) is 2. The number of rotatable bonds is 4. The fraction of sp³-hybridized carbons (Fsp3) is 0. The van der Waals surface area contributed by atoms with Gasteiger partial charge in [-0.15, -0.1) is 0 Å². The van der Waals surface area contributed by atoms with E-state index in [2.05, 4.69) is 5.32 Å². The van der Waals surface area contributed by atoms with Gasteiger partial charge in [0.2, 0.25) is 0 Å². The van der Waals surface area contributed by atoms with E-state index in [1.165, 1.54) is 30.3 Å². The second kappa shape index (κ2) is 8.76. The highest BCUT2D eigenvalue weighted by Crippen LogP contribution is 2.40. The molecule has 3 aromatic carbocycles. The molecule has 0 heterocycles. The van der Waals surface area contributed by atoms with Crippen molar-refractivity contribution in [2.24, 2.45) is 5.73 Å². The van der Waals surface area contributed by atoms with Crippen LogP contribution >= 0.6 is 12.2 Å². The number of carbonyl (C=O) groups is 2. The summed E-state index contributed by atoms with van der Waals surface area (Å²) >= 11 is 4.88. The average Bonchev–Trinajstić information content (AvgIpc) is 2.71. The normalized spacial score (nSPS) is 10.4. The molecule has 0 atom stereocenters. The Balaban J connectivity index is 2.05. The summed E-state index contributed by atoms with van der Waals surface area (Å²) in [7, 11) is 0.